The Labute approximate surface area is 157 Å². The lowest BCUT2D eigenvalue weighted by Gasteiger charge is -2.11. The minimum absolute atomic E-state index is 0.579. The van der Waals surface area contributed by atoms with Crippen LogP contribution in [0.25, 0.3) is 10.9 Å². The van der Waals surface area contributed by atoms with Gasteiger partial charge in [-0.05, 0) is 61.6 Å². The van der Waals surface area contributed by atoms with Gasteiger partial charge in [0.25, 0.3) is 0 Å². The van der Waals surface area contributed by atoms with Crippen LogP contribution in [0.15, 0.2) is 47.4 Å². The summed E-state index contributed by atoms with van der Waals surface area (Å²) in [5, 5.41) is 10.5. The van der Waals surface area contributed by atoms with Gasteiger partial charge < -0.3 is 14.4 Å². The second kappa shape index (κ2) is 7.46. The number of ether oxygens (including phenoxy) is 1. The fraction of sp³-hybridized carbons (Fsp3) is 0.286. The molecule has 136 valence electrons. The van der Waals surface area contributed by atoms with Gasteiger partial charge >= 0.3 is 5.97 Å². The molecule has 0 spiro atoms. The van der Waals surface area contributed by atoms with Gasteiger partial charge in [-0.15, -0.1) is 11.8 Å². The average Bonchev–Trinajstić information content (AvgIpc) is 2.92. The maximum atomic E-state index is 11.6. The van der Waals surface area contributed by atoms with Gasteiger partial charge in [-0.1, -0.05) is 12.1 Å². The number of hydrogen-bond donors (Lipinski definition) is 1. The van der Waals surface area contributed by atoms with Gasteiger partial charge in [0, 0.05) is 28.0 Å². The zero-order chi connectivity index (χ0) is 18.8. The molecule has 0 aliphatic carbocycles. The van der Waals surface area contributed by atoms with Gasteiger partial charge in [0.1, 0.15) is 5.75 Å². The van der Waals surface area contributed by atoms with E-state index in [0.717, 1.165) is 27.9 Å². The van der Waals surface area contributed by atoms with Crippen molar-refractivity contribution in [3.63, 3.8) is 0 Å². The van der Waals surface area contributed by atoms with Crippen molar-refractivity contribution in [3.8, 4) is 5.75 Å². The van der Waals surface area contributed by atoms with Crippen molar-refractivity contribution in [1.82, 2.24) is 4.57 Å². The van der Waals surface area contributed by atoms with Crippen LogP contribution in [0.2, 0.25) is 0 Å². The van der Waals surface area contributed by atoms with Crippen molar-refractivity contribution in [1.29, 1.82) is 0 Å². The van der Waals surface area contributed by atoms with Crippen molar-refractivity contribution in [2.75, 3.05) is 13.4 Å². The molecule has 1 N–H and O–H groups in total. The van der Waals surface area contributed by atoms with Gasteiger partial charge in [-0.3, -0.25) is 4.79 Å². The van der Waals surface area contributed by atoms with E-state index in [0.29, 0.717) is 6.54 Å². The molecule has 1 heterocycles. The first-order chi connectivity index (χ1) is 12.5. The van der Waals surface area contributed by atoms with Crippen LogP contribution in [0, 0.1) is 6.92 Å². The number of fused-ring (bicyclic) bond motifs is 1. The summed E-state index contributed by atoms with van der Waals surface area (Å²) < 4.78 is 7.54. The number of thioether (sulfide) groups is 1. The molecule has 3 rings (SSSR count). The summed E-state index contributed by atoms with van der Waals surface area (Å²) in [5.74, 6) is -0.665. The Bertz CT molecular complexity index is 944. The highest BCUT2D eigenvalue weighted by atomic mass is 32.2. The van der Waals surface area contributed by atoms with Gasteiger partial charge in [0.2, 0.25) is 0 Å². The minimum Gasteiger partial charge on any atom is -0.497 e. The van der Waals surface area contributed by atoms with Crippen molar-refractivity contribution in [3.05, 3.63) is 59.3 Å². The van der Waals surface area contributed by atoms with E-state index in [9.17, 15) is 9.90 Å². The molecule has 4 nitrogen and oxygen atoms in total. The molecule has 1 aromatic heterocycles. The molecule has 0 aliphatic heterocycles. The van der Waals surface area contributed by atoms with Crippen LogP contribution in [-0.2, 0) is 11.3 Å². The van der Waals surface area contributed by atoms with Crippen LogP contribution in [0.3, 0.4) is 0 Å². The topological polar surface area (TPSA) is 51.5 Å². The summed E-state index contributed by atoms with van der Waals surface area (Å²) in [6.45, 7) is 4.44. The smallest absolute Gasteiger partial charge is 0.310 e. The van der Waals surface area contributed by atoms with Crippen LogP contribution in [0.5, 0.6) is 5.75 Å². The number of aromatic nitrogens is 1. The first-order valence-electron chi connectivity index (χ1n) is 8.48. The molecule has 0 fully saturated rings. The third kappa shape index (κ3) is 3.31. The van der Waals surface area contributed by atoms with Gasteiger partial charge in [0.05, 0.1) is 13.0 Å². The summed E-state index contributed by atoms with van der Waals surface area (Å²) >= 11 is 1.72. The molecule has 0 amide bonds. The van der Waals surface area contributed by atoms with Crippen LogP contribution in [0.1, 0.15) is 29.7 Å². The molecule has 26 heavy (non-hydrogen) atoms. The maximum absolute atomic E-state index is 11.6. The van der Waals surface area contributed by atoms with Crippen LogP contribution in [-0.4, -0.2) is 29.0 Å². The molecule has 3 aromatic rings. The van der Waals surface area contributed by atoms with Crippen molar-refractivity contribution in [2.45, 2.75) is 31.2 Å². The number of nitrogens with zero attached hydrogens (tertiary/aromatic N) is 1. The zero-order valence-corrected chi connectivity index (χ0v) is 16.3. The fourth-order valence-electron chi connectivity index (χ4n) is 3.40. The van der Waals surface area contributed by atoms with Crippen LogP contribution < -0.4 is 4.74 Å². The van der Waals surface area contributed by atoms with Crippen LogP contribution >= 0.6 is 11.8 Å². The van der Waals surface area contributed by atoms with E-state index in [4.69, 9.17) is 4.74 Å². The number of carbonyl (C=O) groups is 1. The third-order valence-corrected chi connectivity index (χ3v) is 5.63. The maximum Gasteiger partial charge on any atom is 0.310 e. The summed E-state index contributed by atoms with van der Waals surface area (Å²) in [6.07, 6.45) is 2.06. The molecule has 0 saturated carbocycles. The first-order valence-corrected chi connectivity index (χ1v) is 9.71. The van der Waals surface area contributed by atoms with Crippen LogP contribution in [0.4, 0.5) is 0 Å². The largest absolute Gasteiger partial charge is 0.497 e. The predicted molar refractivity (Wildman–Crippen MR) is 107 cm³/mol. The Balaban J connectivity index is 2.14. The standard InChI is InChI=1S/C21H23NO3S/c1-13(21(23)24)20-14(2)22(12-15-5-8-17(26-4)9-6-15)19-10-7-16(25-3)11-18(19)20/h5-11,13H,12H2,1-4H3,(H,23,24). The molecular formula is C21H23NO3S. The van der Waals surface area contributed by atoms with Crippen molar-refractivity contribution in [2.24, 2.45) is 0 Å². The monoisotopic (exact) mass is 369 g/mol. The number of rotatable bonds is 6. The Hall–Kier alpha value is -2.40. The SMILES string of the molecule is COc1ccc2c(c1)c(C(C)C(=O)O)c(C)n2Cc1ccc(SC)cc1. The fourth-order valence-corrected chi connectivity index (χ4v) is 3.81. The minimum atomic E-state index is -0.820. The van der Waals surface area contributed by atoms with Gasteiger partial charge in [0.15, 0.2) is 0 Å². The number of aliphatic carboxylic acids is 1. The molecule has 0 bridgehead atoms. The van der Waals surface area contributed by atoms with E-state index < -0.39 is 11.9 Å². The molecule has 1 unspecified atom stereocenters. The highest BCUT2D eigenvalue weighted by molar-refractivity contribution is 7.98. The number of benzene rings is 2. The molecule has 0 aliphatic rings. The second-order valence-electron chi connectivity index (χ2n) is 6.38. The zero-order valence-electron chi connectivity index (χ0n) is 15.4. The van der Waals surface area contributed by atoms with E-state index in [2.05, 4.69) is 35.1 Å². The lowest BCUT2D eigenvalue weighted by molar-refractivity contribution is -0.138. The van der Waals surface area contributed by atoms with E-state index in [1.54, 1.807) is 25.8 Å². The predicted octanol–water partition coefficient (Wildman–Crippen LogP) is 4.92. The van der Waals surface area contributed by atoms with E-state index >= 15 is 0 Å². The first kappa shape index (κ1) is 18.4. The lowest BCUT2D eigenvalue weighted by atomic mass is 9.98. The summed E-state index contributed by atoms with van der Waals surface area (Å²) in [4.78, 5) is 12.9. The third-order valence-electron chi connectivity index (χ3n) is 4.88. The molecule has 2 aromatic carbocycles. The Morgan fingerprint density at radius 2 is 1.92 bits per heavy atom. The van der Waals surface area contributed by atoms with E-state index in [1.807, 2.05) is 25.1 Å². The number of hydrogen-bond acceptors (Lipinski definition) is 3. The summed E-state index contributed by atoms with van der Waals surface area (Å²) in [7, 11) is 1.62. The Kier molecular flexibility index (Phi) is 5.28. The number of carboxylic acids is 1. The van der Waals surface area contributed by atoms with Crippen molar-refractivity contribution < 1.29 is 14.6 Å². The van der Waals surface area contributed by atoms with E-state index in [1.165, 1.54) is 10.5 Å². The summed E-state index contributed by atoms with van der Waals surface area (Å²) in [5.41, 5.74) is 4.05. The molecule has 1 atom stereocenters. The Morgan fingerprint density at radius 1 is 1.23 bits per heavy atom. The number of methoxy groups -OCH3 is 1. The molecular weight excluding hydrogens is 346 g/mol. The molecule has 0 radical (unpaired) electrons. The molecule has 0 saturated heterocycles. The van der Waals surface area contributed by atoms with Gasteiger partial charge in [-0.25, -0.2) is 0 Å². The lowest BCUT2D eigenvalue weighted by Crippen LogP contribution is -2.09. The quantitative estimate of drug-likeness (QED) is 0.627. The van der Waals surface area contributed by atoms with E-state index in [-0.39, 0.29) is 0 Å². The highest BCUT2D eigenvalue weighted by Gasteiger charge is 2.24. The van der Waals surface area contributed by atoms with Crippen molar-refractivity contribution >= 4 is 28.6 Å². The molecule has 5 heteroatoms. The second-order valence-corrected chi connectivity index (χ2v) is 7.26. The van der Waals surface area contributed by atoms with Gasteiger partial charge in [-0.2, -0.15) is 0 Å². The number of carboxylic acid groups (broad SMARTS) is 1. The summed E-state index contributed by atoms with van der Waals surface area (Å²) in [6, 6.07) is 14.3. The normalized spacial score (nSPS) is 12.3. The Morgan fingerprint density at radius 3 is 2.50 bits per heavy atom. The average molecular weight is 369 g/mol. The highest BCUT2D eigenvalue weighted by Crippen LogP contribution is 2.35.